The Balaban J connectivity index is 2.09. The molecule has 0 aliphatic rings. The molecule has 0 aliphatic heterocycles. The van der Waals surface area contributed by atoms with Gasteiger partial charge < -0.3 is 9.84 Å². The van der Waals surface area contributed by atoms with Gasteiger partial charge in [0.25, 0.3) is 0 Å². The number of esters is 1. The Morgan fingerprint density at radius 3 is 2.87 bits per heavy atom. The summed E-state index contributed by atoms with van der Waals surface area (Å²) in [6.07, 6.45) is 0. The van der Waals surface area contributed by atoms with Gasteiger partial charge in [0.2, 0.25) is 0 Å². The van der Waals surface area contributed by atoms with Crippen molar-refractivity contribution in [3.05, 3.63) is 46.7 Å². The van der Waals surface area contributed by atoms with Crippen molar-refractivity contribution < 1.29 is 19.0 Å². The standard InChI is InChI=1S/C17H14FNO3S/c1-3-22-17(21)15-9(2)19-16(23-15)11-6-10-4-5-12(18)8-13(10)14(20)7-11/h4-8,20H,3H2,1-2H3. The smallest absolute Gasteiger partial charge is 0.350 e. The molecule has 1 aromatic heterocycles. The molecule has 118 valence electrons. The molecule has 1 N–H and O–H groups in total. The number of halogens is 1. The van der Waals surface area contributed by atoms with Gasteiger partial charge in [-0.25, -0.2) is 14.2 Å². The predicted molar refractivity (Wildman–Crippen MR) is 87.4 cm³/mol. The number of nitrogens with zero attached hydrogens (tertiary/aromatic N) is 1. The van der Waals surface area contributed by atoms with Gasteiger partial charge in [-0.15, -0.1) is 11.3 Å². The van der Waals surface area contributed by atoms with Crippen LogP contribution in [0, 0.1) is 12.7 Å². The highest BCUT2D eigenvalue weighted by atomic mass is 32.1. The summed E-state index contributed by atoms with van der Waals surface area (Å²) in [5.74, 6) is -0.835. The number of rotatable bonds is 3. The molecule has 0 fully saturated rings. The number of hydrogen-bond donors (Lipinski definition) is 1. The fraction of sp³-hybridized carbons (Fsp3) is 0.176. The number of hydrogen-bond acceptors (Lipinski definition) is 5. The minimum Gasteiger partial charge on any atom is -0.507 e. The Bertz CT molecular complexity index is 904. The molecule has 3 aromatic rings. The highest BCUT2D eigenvalue weighted by Crippen LogP contribution is 2.35. The Labute approximate surface area is 136 Å². The molecule has 2 aromatic carbocycles. The van der Waals surface area contributed by atoms with E-state index in [-0.39, 0.29) is 5.75 Å². The monoisotopic (exact) mass is 331 g/mol. The van der Waals surface area contributed by atoms with Gasteiger partial charge in [0.05, 0.1) is 12.3 Å². The van der Waals surface area contributed by atoms with E-state index in [0.717, 1.165) is 0 Å². The summed E-state index contributed by atoms with van der Waals surface area (Å²) in [5, 5.41) is 11.9. The van der Waals surface area contributed by atoms with E-state index >= 15 is 0 Å². The summed E-state index contributed by atoms with van der Waals surface area (Å²) in [6.45, 7) is 3.78. The Hall–Kier alpha value is -2.47. The molecule has 0 unspecified atom stereocenters. The lowest BCUT2D eigenvalue weighted by Gasteiger charge is -2.04. The van der Waals surface area contributed by atoms with Crippen molar-refractivity contribution in [1.82, 2.24) is 4.98 Å². The van der Waals surface area contributed by atoms with Crippen LogP contribution < -0.4 is 0 Å². The Kier molecular flexibility index (Phi) is 4.00. The lowest BCUT2D eigenvalue weighted by molar-refractivity contribution is 0.0531. The van der Waals surface area contributed by atoms with E-state index in [1.54, 1.807) is 19.9 Å². The zero-order valence-electron chi connectivity index (χ0n) is 12.6. The average Bonchev–Trinajstić information content (AvgIpc) is 2.90. The van der Waals surface area contributed by atoms with Gasteiger partial charge in [-0.1, -0.05) is 6.07 Å². The van der Waals surface area contributed by atoms with Crippen molar-refractivity contribution >= 4 is 28.1 Å². The maximum Gasteiger partial charge on any atom is 0.350 e. The summed E-state index contributed by atoms with van der Waals surface area (Å²) < 4.78 is 18.3. The van der Waals surface area contributed by atoms with E-state index in [0.29, 0.717) is 38.5 Å². The SMILES string of the molecule is CCOC(=O)c1sc(-c2cc(O)c3cc(F)ccc3c2)nc1C. The molecule has 0 saturated carbocycles. The molecule has 0 radical (unpaired) electrons. The third-order valence-corrected chi connectivity index (χ3v) is 4.59. The largest absolute Gasteiger partial charge is 0.507 e. The van der Waals surface area contributed by atoms with Crippen LogP contribution >= 0.6 is 11.3 Å². The predicted octanol–water partition coefficient (Wildman–Crippen LogP) is 4.29. The van der Waals surface area contributed by atoms with Crippen LogP contribution in [0.15, 0.2) is 30.3 Å². The molecule has 3 rings (SSSR count). The second-order valence-electron chi connectivity index (χ2n) is 5.01. The third kappa shape index (κ3) is 2.90. The topological polar surface area (TPSA) is 59.4 Å². The maximum atomic E-state index is 13.3. The molecule has 0 aliphatic carbocycles. The van der Waals surface area contributed by atoms with E-state index in [2.05, 4.69) is 4.98 Å². The minimum atomic E-state index is -0.407. The number of ether oxygens (including phenoxy) is 1. The van der Waals surface area contributed by atoms with Crippen molar-refractivity contribution in [3.63, 3.8) is 0 Å². The highest BCUT2D eigenvalue weighted by molar-refractivity contribution is 7.17. The summed E-state index contributed by atoms with van der Waals surface area (Å²) in [5.41, 5.74) is 1.26. The van der Waals surface area contributed by atoms with E-state index in [4.69, 9.17) is 4.74 Å². The highest BCUT2D eigenvalue weighted by Gasteiger charge is 2.18. The number of carbonyl (C=O) groups is 1. The van der Waals surface area contributed by atoms with Gasteiger partial charge in [-0.05, 0) is 43.5 Å². The van der Waals surface area contributed by atoms with Gasteiger partial charge in [0.15, 0.2) is 0 Å². The first kappa shape index (κ1) is 15.4. The van der Waals surface area contributed by atoms with E-state index < -0.39 is 11.8 Å². The number of aromatic hydroxyl groups is 1. The van der Waals surface area contributed by atoms with E-state index in [1.165, 1.54) is 29.5 Å². The van der Waals surface area contributed by atoms with Crippen LogP contribution in [0.3, 0.4) is 0 Å². The Morgan fingerprint density at radius 2 is 2.13 bits per heavy atom. The number of carbonyl (C=O) groups excluding carboxylic acids is 1. The molecule has 1 heterocycles. The molecule has 0 spiro atoms. The van der Waals surface area contributed by atoms with Crippen molar-refractivity contribution in [2.75, 3.05) is 6.61 Å². The van der Waals surface area contributed by atoms with E-state index in [9.17, 15) is 14.3 Å². The number of phenolic OH excluding ortho intramolecular Hbond substituents is 1. The first-order chi connectivity index (χ1) is 11.0. The zero-order chi connectivity index (χ0) is 16.6. The molecular formula is C17H14FNO3S. The van der Waals surface area contributed by atoms with Crippen molar-refractivity contribution in [1.29, 1.82) is 0 Å². The van der Waals surface area contributed by atoms with Crippen LogP contribution in [-0.4, -0.2) is 22.7 Å². The van der Waals surface area contributed by atoms with Crippen LogP contribution in [0.5, 0.6) is 5.75 Å². The van der Waals surface area contributed by atoms with E-state index in [1.807, 2.05) is 6.07 Å². The lowest BCUT2D eigenvalue weighted by Crippen LogP contribution is -2.03. The van der Waals surface area contributed by atoms with Gasteiger partial charge in [-0.2, -0.15) is 0 Å². The first-order valence-electron chi connectivity index (χ1n) is 7.06. The Morgan fingerprint density at radius 1 is 1.35 bits per heavy atom. The number of fused-ring (bicyclic) bond motifs is 1. The number of phenols is 1. The maximum absolute atomic E-state index is 13.3. The fourth-order valence-electron chi connectivity index (χ4n) is 2.34. The van der Waals surface area contributed by atoms with Crippen LogP contribution in [0.1, 0.15) is 22.3 Å². The summed E-state index contributed by atoms with van der Waals surface area (Å²) in [4.78, 5) is 16.7. The van der Waals surface area contributed by atoms with Crippen LogP contribution in [0.25, 0.3) is 21.3 Å². The number of benzene rings is 2. The number of aromatic nitrogens is 1. The second-order valence-corrected chi connectivity index (χ2v) is 6.01. The molecule has 0 saturated heterocycles. The fourth-order valence-corrected chi connectivity index (χ4v) is 3.29. The summed E-state index contributed by atoms with van der Waals surface area (Å²) >= 11 is 1.21. The van der Waals surface area contributed by atoms with Crippen LogP contribution in [0.4, 0.5) is 4.39 Å². The van der Waals surface area contributed by atoms with Gasteiger partial charge in [-0.3, -0.25) is 0 Å². The van der Waals surface area contributed by atoms with Crippen molar-refractivity contribution in [2.24, 2.45) is 0 Å². The molecule has 0 bridgehead atoms. The van der Waals surface area contributed by atoms with Crippen LogP contribution in [0.2, 0.25) is 0 Å². The summed E-state index contributed by atoms with van der Waals surface area (Å²) in [6, 6.07) is 7.55. The second kappa shape index (κ2) is 5.96. The molecule has 0 atom stereocenters. The van der Waals surface area contributed by atoms with Gasteiger partial charge in [0.1, 0.15) is 21.5 Å². The minimum absolute atomic E-state index is 0.0254. The van der Waals surface area contributed by atoms with Crippen molar-refractivity contribution in [2.45, 2.75) is 13.8 Å². The normalized spacial score (nSPS) is 10.9. The quantitative estimate of drug-likeness (QED) is 0.727. The molecule has 0 amide bonds. The third-order valence-electron chi connectivity index (χ3n) is 3.40. The van der Waals surface area contributed by atoms with Gasteiger partial charge in [0, 0.05) is 10.9 Å². The molecule has 6 heteroatoms. The molecular weight excluding hydrogens is 317 g/mol. The molecule has 23 heavy (non-hydrogen) atoms. The number of thiazole rings is 1. The zero-order valence-corrected chi connectivity index (χ0v) is 13.4. The van der Waals surface area contributed by atoms with Crippen LogP contribution in [-0.2, 0) is 4.74 Å². The average molecular weight is 331 g/mol. The summed E-state index contributed by atoms with van der Waals surface area (Å²) in [7, 11) is 0. The van der Waals surface area contributed by atoms with Crippen molar-refractivity contribution in [3.8, 4) is 16.3 Å². The van der Waals surface area contributed by atoms with Gasteiger partial charge >= 0.3 is 5.97 Å². The molecule has 4 nitrogen and oxygen atoms in total. The first-order valence-corrected chi connectivity index (χ1v) is 7.88. The lowest BCUT2D eigenvalue weighted by atomic mass is 10.1. The number of aryl methyl sites for hydroxylation is 1.